The molecule has 0 aromatic rings. The smallest absolute Gasteiger partial charge is 0.0662 e. The van der Waals surface area contributed by atoms with Gasteiger partial charge in [0.2, 0.25) is 0 Å². The van der Waals surface area contributed by atoms with Gasteiger partial charge in [-0.1, -0.05) is 13.8 Å². The van der Waals surface area contributed by atoms with E-state index >= 15 is 0 Å². The van der Waals surface area contributed by atoms with Crippen molar-refractivity contribution in [2.24, 2.45) is 22.5 Å². The Kier molecular flexibility index (Phi) is 2.26. The van der Waals surface area contributed by atoms with Gasteiger partial charge in [0.05, 0.1) is 5.60 Å². The highest BCUT2D eigenvalue weighted by Gasteiger charge is 2.62. The largest absolute Gasteiger partial charge is 0.390 e. The summed E-state index contributed by atoms with van der Waals surface area (Å²) in [5, 5.41) is 10.5. The van der Waals surface area contributed by atoms with Gasteiger partial charge >= 0.3 is 0 Å². The second-order valence-electron chi connectivity index (χ2n) is 6.91. The molecule has 3 heteroatoms. The highest BCUT2D eigenvalue weighted by molar-refractivity contribution is 5.85. The van der Waals surface area contributed by atoms with Gasteiger partial charge in [0.1, 0.15) is 0 Å². The second-order valence-corrected chi connectivity index (χ2v) is 6.91. The molecule has 0 saturated heterocycles. The van der Waals surface area contributed by atoms with Crippen LogP contribution < -0.4 is 5.73 Å². The van der Waals surface area contributed by atoms with Crippen molar-refractivity contribution in [2.45, 2.75) is 57.6 Å². The molecule has 15 heavy (non-hydrogen) atoms. The number of nitrogens with two attached hydrogens (primary N) is 1. The molecular formula is C12H22ClNO. The van der Waals surface area contributed by atoms with Crippen LogP contribution >= 0.6 is 12.4 Å². The van der Waals surface area contributed by atoms with E-state index in [9.17, 15) is 5.11 Å². The number of aliphatic hydroxyl groups is 1. The lowest BCUT2D eigenvalue weighted by molar-refractivity contribution is -0.198. The lowest BCUT2D eigenvalue weighted by atomic mass is 9.42. The van der Waals surface area contributed by atoms with Crippen molar-refractivity contribution in [1.29, 1.82) is 0 Å². The number of hydrogen-bond acceptors (Lipinski definition) is 2. The van der Waals surface area contributed by atoms with E-state index < -0.39 is 0 Å². The van der Waals surface area contributed by atoms with Crippen LogP contribution in [0.3, 0.4) is 0 Å². The summed E-state index contributed by atoms with van der Waals surface area (Å²) in [5.41, 5.74) is 6.52. The fraction of sp³-hybridized carbons (Fsp3) is 1.00. The highest BCUT2D eigenvalue weighted by Crippen LogP contribution is 2.65. The molecule has 5 atom stereocenters. The van der Waals surface area contributed by atoms with Crippen molar-refractivity contribution in [1.82, 2.24) is 0 Å². The van der Waals surface area contributed by atoms with Crippen molar-refractivity contribution in [3.05, 3.63) is 0 Å². The predicted octanol–water partition coefficient (Wildman–Crippen LogP) is 2.09. The van der Waals surface area contributed by atoms with E-state index in [1.807, 2.05) is 0 Å². The van der Waals surface area contributed by atoms with Gasteiger partial charge in [-0.15, -0.1) is 12.4 Å². The van der Waals surface area contributed by atoms with Gasteiger partial charge in [-0.3, -0.25) is 0 Å². The Hall–Kier alpha value is 0.210. The van der Waals surface area contributed by atoms with Gasteiger partial charge in [0.25, 0.3) is 0 Å². The predicted molar refractivity (Wildman–Crippen MR) is 63.0 cm³/mol. The van der Waals surface area contributed by atoms with E-state index in [-0.39, 0.29) is 23.4 Å². The van der Waals surface area contributed by atoms with Gasteiger partial charge in [-0.25, -0.2) is 0 Å². The molecule has 4 saturated carbocycles. The molecule has 0 aromatic carbocycles. The Balaban J connectivity index is 0.000000853. The number of hydrogen-bond donors (Lipinski definition) is 2. The van der Waals surface area contributed by atoms with Crippen LogP contribution in [0.2, 0.25) is 0 Å². The van der Waals surface area contributed by atoms with Gasteiger partial charge in [0.15, 0.2) is 0 Å². The fourth-order valence-electron chi connectivity index (χ4n) is 5.25. The zero-order valence-corrected chi connectivity index (χ0v) is 10.4. The third-order valence-corrected chi connectivity index (χ3v) is 5.03. The van der Waals surface area contributed by atoms with Crippen molar-refractivity contribution in [3.8, 4) is 0 Å². The summed E-state index contributed by atoms with van der Waals surface area (Å²) in [6.45, 7) is 4.62. The maximum absolute atomic E-state index is 10.5. The Morgan fingerprint density at radius 3 is 2.33 bits per heavy atom. The molecule has 0 aliphatic heterocycles. The molecule has 2 nitrogen and oxygen atoms in total. The zero-order valence-electron chi connectivity index (χ0n) is 9.62. The molecule has 0 aromatic heterocycles. The summed E-state index contributed by atoms with van der Waals surface area (Å²) in [5.74, 6) is 0.575. The third kappa shape index (κ3) is 1.45. The molecule has 0 heterocycles. The zero-order chi connectivity index (χ0) is 10.2. The molecule has 0 amide bonds. The maximum atomic E-state index is 10.5. The van der Waals surface area contributed by atoms with Gasteiger partial charge < -0.3 is 10.8 Å². The Morgan fingerprint density at radius 2 is 1.80 bits per heavy atom. The van der Waals surface area contributed by atoms with Crippen LogP contribution in [0.1, 0.15) is 46.0 Å². The monoisotopic (exact) mass is 231 g/mol. The quantitative estimate of drug-likeness (QED) is 0.671. The first-order chi connectivity index (χ1) is 6.34. The van der Waals surface area contributed by atoms with E-state index in [0.717, 1.165) is 19.3 Å². The molecule has 4 bridgehead atoms. The van der Waals surface area contributed by atoms with Crippen molar-refractivity contribution < 1.29 is 5.11 Å². The topological polar surface area (TPSA) is 46.2 Å². The molecule has 0 spiro atoms. The first kappa shape index (κ1) is 11.7. The minimum Gasteiger partial charge on any atom is -0.390 e. The Bertz CT molecular complexity index is 275. The molecular weight excluding hydrogens is 210 g/mol. The molecule has 4 rings (SSSR count). The summed E-state index contributed by atoms with van der Waals surface area (Å²) in [4.78, 5) is 0. The van der Waals surface area contributed by atoms with Crippen LogP contribution in [0.15, 0.2) is 0 Å². The highest BCUT2D eigenvalue weighted by atomic mass is 35.5. The molecule has 5 unspecified atom stereocenters. The summed E-state index contributed by atoms with van der Waals surface area (Å²) < 4.78 is 0. The van der Waals surface area contributed by atoms with E-state index in [1.165, 1.54) is 12.8 Å². The number of halogens is 1. The Labute approximate surface area is 98.0 Å². The van der Waals surface area contributed by atoms with Gasteiger partial charge in [0, 0.05) is 6.04 Å². The maximum Gasteiger partial charge on any atom is 0.0662 e. The molecule has 0 radical (unpaired) electrons. The summed E-state index contributed by atoms with van der Waals surface area (Å²) >= 11 is 0. The molecule has 4 fully saturated rings. The third-order valence-electron chi connectivity index (χ3n) is 5.03. The lowest BCUT2D eigenvalue weighted by Gasteiger charge is -2.66. The molecule has 4 aliphatic carbocycles. The van der Waals surface area contributed by atoms with Crippen LogP contribution in [0, 0.1) is 16.7 Å². The van der Waals surface area contributed by atoms with Crippen LogP contribution in [0.4, 0.5) is 0 Å². The summed E-state index contributed by atoms with van der Waals surface area (Å²) in [6, 6.07) is 0.330. The van der Waals surface area contributed by atoms with E-state index in [0.29, 0.717) is 17.4 Å². The average molecular weight is 232 g/mol. The summed E-state index contributed by atoms with van der Waals surface area (Å²) in [6.07, 6.45) is 5.37. The minimum absolute atomic E-state index is 0. The summed E-state index contributed by atoms with van der Waals surface area (Å²) in [7, 11) is 0. The van der Waals surface area contributed by atoms with Gasteiger partial charge in [-0.2, -0.15) is 0 Å². The lowest BCUT2D eigenvalue weighted by Crippen LogP contribution is -2.67. The Morgan fingerprint density at radius 1 is 1.13 bits per heavy atom. The van der Waals surface area contributed by atoms with Crippen LogP contribution in [-0.4, -0.2) is 16.7 Å². The van der Waals surface area contributed by atoms with Crippen molar-refractivity contribution in [3.63, 3.8) is 0 Å². The van der Waals surface area contributed by atoms with Crippen LogP contribution in [0.25, 0.3) is 0 Å². The van der Waals surface area contributed by atoms with Crippen molar-refractivity contribution in [2.75, 3.05) is 0 Å². The molecule has 3 N–H and O–H groups in total. The van der Waals surface area contributed by atoms with Gasteiger partial charge in [-0.05, 0) is 48.9 Å². The van der Waals surface area contributed by atoms with E-state index in [2.05, 4.69) is 13.8 Å². The first-order valence-corrected chi connectivity index (χ1v) is 5.82. The van der Waals surface area contributed by atoms with Crippen LogP contribution in [-0.2, 0) is 0 Å². The number of rotatable bonds is 0. The minimum atomic E-state index is -0.374. The SMILES string of the molecule is CC12CC3CC(O)(C1)CC(C)(C2)C3N.Cl. The standard InChI is InChI=1S/C12H21NO.ClH/c1-10-3-8-4-12(14,6-10)7-11(2,5-10)9(8)13;/h8-9,14H,3-7,13H2,1-2H3;1H. The van der Waals surface area contributed by atoms with E-state index in [1.54, 1.807) is 0 Å². The average Bonchev–Trinajstić information content (AvgIpc) is 1.94. The van der Waals surface area contributed by atoms with Crippen LogP contribution in [0.5, 0.6) is 0 Å². The normalized spacial score (nSPS) is 61.6. The fourth-order valence-corrected chi connectivity index (χ4v) is 5.25. The molecule has 4 aliphatic rings. The van der Waals surface area contributed by atoms with Crippen molar-refractivity contribution >= 4 is 12.4 Å². The first-order valence-electron chi connectivity index (χ1n) is 5.82. The van der Waals surface area contributed by atoms with E-state index in [4.69, 9.17) is 5.73 Å². The molecule has 88 valence electrons. The second kappa shape index (κ2) is 2.91.